The number of hydrogen-bond acceptors (Lipinski definition) is 3. The lowest BCUT2D eigenvalue weighted by Gasteiger charge is -2.16. The van der Waals surface area contributed by atoms with Crippen molar-refractivity contribution in [3.05, 3.63) is 66.0 Å². The van der Waals surface area contributed by atoms with Crippen molar-refractivity contribution in [3.63, 3.8) is 0 Å². The third-order valence-corrected chi connectivity index (χ3v) is 3.07. The Bertz CT molecular complexity index is 459. The van der Waals surface area contributed by atoms with E-state index >= 15 is 0 Å². The van der Waals surface area contributed by atoms with Crippen molar-refractivity contribution in [1.29, 1.82) is 0 Å². The van der Waals surface area contributed by atoms with Gasteiger partial charge in [0.1, 0.15) is 0 Å². The van der Waals surface area contributed by atoms with Crippen molar-refractivity contribution in [2.75, 3.05) is 20.2 Å². The lowest BCUT2D eigenvalue weighted by molar-refractivity contribution is 0.102. The summed E-state index contributed by atoms with van der Waals surface area (Å²) < 4.78 is 5.51. The highest BCUT2D eigenvalue weighted by molar-refractivity contribution is 5.17. The summed E-state index contributed by atoms with van der Waals surface area (Å²) in [6.45, 7) is 1.72. The molecule has 1 unspecified atom stereocenters. The molecule has 0 aliphatic heterocycles. The number of benzene rings is 1. The molecule has 1 aromatic heterocycles. The van der Waals surface area contributed by atoms with E-state index in [2.05, 4.69) is 22.4 Å². The smallest absolute Gasteiger partial charge is 0.0945 e. The Morgan fingerprint density at radius 3 is 2.58 bits per heavy atom. The van der Waals surface area contributed by atoms with Crippen molar-refractivity contribution in [1.82, 2.24) is 10.3 Å². The first-order valence-electron chi connectivity index (χ1n) is 6.58. The molecule has 1 N–H and O–H groups in total. The fraction of sp³-hybridized carbons (Fsp3) is 0.312. The van der Waals surface area contributed by atoms with E-state index in [9.17, 15) is 0 Å². The molecule has 0 radical (unpaired) electrons. The second-order valence-corrected chi connectivity index (χ2v) is 4.41. The highest BCUT2D eigenvalue weighted by Crippen LogP contribution is 2.14. The Morgan fingerprint density at radius 2 is 1.89 bits per heavy atom. The number of nitrogens with one attached hydrogen (secondary N) is 1. The van der Waals surface area contributed by atoms with Crippen LogP contribution in [-0.2, 0) is 11.2 Å². The summed E-state index contributed by atoms with van der Waals surface area (Å²) in [7, 11) is 1.75. The predicted octanol–water partition coefficient (Wildman–Crippen LogP) is 2.60. The van der Waals surface area contributed by atoms with E-state index in [0.29, 0.717) is 0 Å². The lowest BCUT2D eigenvalue weighted by atomic mass is 10.1. The fourth-order valence-corrected chi connectivity index (χ4v) is 2.00. The summed E-state index contributed by atoms with van der Waals surface area (Å²) in [5.74, 6) is 0. The van der Waals surface area contributed by atoms with E-state index in [-0.39, 0.29) is 6.10 Å². The Labute approximate surface area is 114 Å². The Hall–Kier alpha value is -1.71. The molecular formula is C16H20N2O. The average Bonchev–Trinajstić information content (AvgIpc) is 2.49. The van der Waals surface area contributed by atoms with Crippen LogP contribution in [0.2, 0.25) is 0 Å². The van der Waals surface area contributed by atoms with Crippen LogP contribution in [0.5, 0.6) is 0 Å². The van der Waals surface area contributed by atoms with E-state index in [4.69, 9.17) is 4.74 Å². The molecule has 0 saturated carbocycles. The molecule has 0 aliphatic rings. The minimum absolute atomic E-state index is 0.102. The van der Waals surface area contributed by atoms with Crippen LogP contribution in [0.1, 0.15) is 17.4 Å². The molecule has 19 heavy (non-hydrogen) atoms. The molecule has 1 aromatic carbocycles. The number of ether oxygens (including phenoxy) is 1. The number of pyridine rings is 1. The molecule has 0 amide bonds. The molecule has 3 nitrogen and oxygen atoms in total. The SMILES string of the molecule is COC(CNCCc1ccccn1)c1ccccc1. The standard InChI is InChI=1S/C16H20N2O/c1-19-16(14-7-3-2-4-8-14)13-17-12-10-15-9-5-6-11-18-15/h2-9,11,16-17H,10,12-13H2,1H3. The van der Waals surface area contributed by atoms with Crippen LogP contribution < -0.4 is 5.32 Å². The summed E-state index contributed by atoms with van der Waals surface area (Å²) in [5.41, 5.74) is 2.32. The first kappa shape index (κ1) is 13.7. The molecule has 100 valence electrons. The quantitative estimate of drug-likeness (QED) is 0.773. The highest BCUT2D eigenvalue weighted by Gasteiger charge is 2.08. The van der Waals surface area contributed by atoms with Crippen LogP contribution in [-0.4, -0.2) is 25.2 Å². The van der Waals surface area contributed by atoms with E-state index in [1.807, 2.05) is 42.6 Å². The summed E-state index contributed by atoms with van der Waals surface area (Å²) in [4.78, 5) is 4.30. The number of aromatic nitrogens is 1. The molecule has 0 spiro atoms. The molecule has 3 heteroatoms. The zero-order valence-electron chi connectivity index (χ0n) is 11.3. The maximum absolute atomic E-state index is 5.51. The summed E-state index contributed by atoms with van der Waals surface area (Å²) >= 11 is 0. The summed E-state index contributed by atoms with van der Waals surface area (Å²) in [5, 5.41) is 3.42. The minimum atomic E-state index is 0.102. The predicted molar refractivity (Wildman–Crippen MR) is 77.0 cm³/mol. The van der Waals surface area contributed by atoms with Crippen molar-refractivity contribution < 1.29 is 4.74 Å². The Morgan fingerprint density at radius 1 is 1.11 bits per heavy atom. The average molecular weight is 256 g/mol. The van der Waals surface area contributed by atoms with E-state index < -0.39 is 0 Å². The van der Waals surface area contributed by atoms with E-state index in [1.165, 1.54) is 5.56 Å². The molecule has 1 heterocycles. The van der Waals surface area contributed by atoms with Gasteiger partial charge in [-0.1, -0.05) is 36.4 Å². The van der Waals surface area contributed by atoms with Crippen LogP contribution in [0.4, 0.5) is 0 Å². The largest absolute Gasteiger partial charge is 0.375 e. The summed E-state index contributed by atoms with van der Waals surface area (Å²) in [6.07, 6.45) is 2.87. The van der Waals surface area contributed by atoms with Crippen LogP contribution in [0.25, 0.3) is 0 Å². The second-order valence-electron chi connectivity index (χ2n) is 4.41. The van der Waals surface area contributed by atoms with Crippen LogP contribution in [0.3, 0.4) is 0 Å². The third-order valence-electron chi connectivity index (χ3n) is 3.07. The van der Waals surface area contributed by atoms with E-state index in [1.54, 1.807) is 7.11 Å². The first-order chi connectivity index (χ1) is 9.40. The zero-order chi connectivity index (χ0) is 13.3. The fourth-order valence-electron chi connectivity index (χ4n) is 2.00. The van der Waals surface area contributed by atoms with Crippen molar-refractivity contribution in [2.24, 2.45) is 0 Å². The number of nitrogens with zero attached hydrogens (tertiary/aromatic N) is 1. The van der Waals surface area contributed by atoms with Gasteiger partial charge in [-0.2, -0.15) is 0 Å². The maximum atomic E-state index is 5.51. The minimum Gasteiger partial charge on any atom is -0.375 e. The number of rotatable bonds is 7. The molecule has 0 aliphatic carbocycles. The van der Waals surface area contributed by atoms with Gasteiger partial charge in [0.25, 0.3) is 0 Å². The second kappa shape index (κ2) is 7.67. The van der Waals surface area contributed by atoms with E-state index in [0.717, 1.165) is 25.2 Å². The summed E-state index contributed by atoms with van der Waals surface area (Å²) in [6, 6.07) is 16.3. The molecule has 0 saturated heterocycles. The van der Waals surface area contributed by atoms with Gasteiger partial charge in [-0.25, -0.2) is 0 Å². The molecular weight excluding hydrogens is 236 g/mol. The van der Waals surface area contributed by atoms with Crippen molar-refractivity contribution >= 4 is 0 Å². The first-order valence-corrected chi connectivity index (χ1v) is 6.58. The van der Waals surface area contributed by atoms with Gasteiger partial charge < -0.3 is 10.1 Å². The Balaban J connectivity index is 1.75. The van der Waals surface area contributed by atoms with Gasteiger partial charge in [0.15, 0.2) is 0 Å². The normalized spacial score (nSPS) is 12.3. The van der Waals surface area contributed by atoms with Gasteiger partial charge in [-0.05, 0) is 17.7 Å². The van der Waals surface area contributed by atoms with Crippen LogP contribution in [0, 0.1) is 0 Å². The van der Waals surface area contributed by atoms with Gasteiger partial charge >= 0.3 is 0 Å². The van der Waals surface area contributed by atoms with Crippen molar-refractivity contribution in [3.8, 4) is 0 Å². The Kier molecular flexibility index (Phi) is 5.53. The number of methoxy groups -OCH3 is 1. The van der Waals surface area contributed by atoms with Crippen LogP contribution in [0.15, 0.2) is 54.7 Å². The third kappa shape index (κ3) is 4.47. The van der Waals surface area contributed by atoms with Gasteiger partial charge in [0.05, 0.1) is 6.10 Å². The molecule has 0 bridgehead atoms. The molecule has 2 aromatic rings. The molecule has 2 rings (SSSR count). The highest BCUT2D eigenvalue weighted by atomic mass is 16.5. The van der Waals surface area contributed by atoms with Gasteiger partial charge in [-0.3, -0.25) is 4.98 Å². The van der Waals surface area contributed by atoms with Crippen molar-refractivity contribution in [2.45, 2.75) is 12.5 Å². The maximum Gasteiger partial charge on any atom is 0.0945 e. The lowest BCUT2D eigenvalue weighted by Crippen LogP contribution is -2.25. The van der Waals surface area contributed by atoms with Gasteiger partial charge in [-0.15, -0.1) is 0 Å². The zero-order valence-corrected chi connectivity index (χ0v) is 11.3. The van der Waals surface area contributed by atoms with Gasteiger partial charge in [0, 0.05) is 38.5 Å². The topological polar surface area (TPSA) is 34.1 Å². The molecule has 1 atom stereocenters. The number of hydrogen-bond donors (Lipinski definition) is 1. The molecule has 0 fully saturated rings. The van der Waals surface area contributed by atoms with Crippen LogP contribution >= 0.6 is 0 Å². The van der Waals surface area contributed by atoms with Gasteiger partial charge in [0.2, 0.25) is 0 Å². The monoisotopic (exact) mass is 256 g/mol.